The summed E-state index contributed by atoms with van der Waals surface area (Å²) in [5.74, 6) is 2.89. The van der Waals surface area contributed by atoms with E-state index < -0.39 is 0 Å². The largest absolute Gasteiger partial charge is 0.465 e. The molecule has 156 valence electrons. The molecule has 0 bridgehead atoms. The Bertz CT molecular complexity index is 753. The zero-order valence-electron chi connectivity index (χ0n) is 17.3. The van der Waals surface area contributed by atoms with Crippen LogP contribution >= 0.6 is 35.3 Å². The molecule has 8 heteroatoms. The Morgan fingerprint density at radius 2 is 2.11 bits per heavy atom. The molecular weight excluding hydrogens is 485 g/mol. The van der Waals surface area contributed by atoms with Gasteiger partial charge in [0, 0.05) is 19.0 Å². The Hall–Kier alpha value is -1.13. The third-order valence-corrected chi connectivity index (χ3v) is 5.67. The average molecular weight is 517 g/mol. The number of likely N-dealkylation sites (tertiary alicyclic amines) is 1. The molecule has 1 saturated heterocycles. The van der Waals surface area contributed by atoms with Crippen LogP contribution in [-0.4, -0.2) is 54.0 Å². The maximum absolute atomic E-state index is 5.96. The first-order chi connectivity index (χ1) is 13.1. The van der Waals surface area contributed by atoms with Crippen molar-refractivity contribution in [2.45, 2.75) is 46.2 Å². The molecule has 1 unspecified atom stereocenters. The molecular formula is C20H32IN5OS. The second-order valence-electron chi connectivity index (χ2n) is 7.12. The molecule has 1 aliphatic heterocycles. The summed E-state index contributed by atoms with van der Waals surface area (Å²) in [7, 11) is 2.07. The van der Waals surface area contributed by atoms with E-state index in [0.29, 0.717) is 6.54 Å². The molecule has 0 spiro atoms. The predicted molar refractivity (Wildman–Crippen MR) is 127 cm³/mol. The lowest BCUT2D eigenvalue weighted by molar-refractivity contribution is 0.218. The smallest absolute Gasteiger partial charge is 0.194 e. The molecule has 3 rings (SSSR count). The highest BCUT2D eigenvalue weighted by Gasteiger charge is 2.26. The number of guanidine groups is 1. The lowest BCUT2D eigenvalue weighted by Crippen LogP contribution is -2.39. The van der Waals surface area contributed by atoms with Crippen LogP contribution in [0.4, 0.5) is 0 Å². The van der Waals surface area contributed by atoms with Gasteiger partial charge in [-0.25, -0.2) is 4.98 Å². The van der Waals surface area contributed by atoms with Crippen molar-refractivity contribution in [2.24, 2.45) is 4.99 Å². The highest BCUT2D eigenvalue weighted by Crippen LogP contribution is 2.27. The maximum atomic E-state index is 5.96. The van der Waals surface area contributed by atoms with Crippen molar-refractivity contribution in [3.8, 4) is 0 Å². The van der Waals surface area contributed by atoms with Crippen LogP contribution in [0.15, 0.2) is 26.9 Å². The number of aromatic nitrogens is 1. The summed E-state index contributed by atoms with van der Waals surface area (Å²) >= 11 is 1.69. The third-order valence-electron chi connectivity index (χ3n) is 4.85. The molecule has 1 fully saturated rings. The normalized spacial score (nSPS) is 16.1. The molecule has 1 N–H and O–H groups in total. The summed E-state index contributed by atoms with van der Waals surface area (Å²) in [5.41, 5.74) is 1.09. The maximum Gasteiger partial charge on any atom is 0.194 e. The molecule has 0 saturated carbocycles. The Morgan fingerprint density at radius 3 is 2.68 bits per heavy atom. The zero-order valence-corrected chi connectivity index (χ0v) is 20.4. The van der Waals surface area contributed by atoms with Gasteiger partial charge in [0.1, 0.15) is 11.5 Å². The van der Waals surface area contributed by atoms with Crippen molar-refractivity contribution in [2.75, 3.05) is 33.2 Å². The topological polar surface area (TPSA) is 56.9 Å². The molecule has 2 aromatic heterocycles. The van der Waals surface area contributed by atoms with Crippen LogP contribution in [0.25, 0.3) is 0 Å². The van der Waals surface area contributed by atoms with Gasteiger partial charge in [-0.15, -0.1) is 35.3 Å². The van der Waals surface area contributed by atoms with Crippen LogP contribution in [0, 0.1) is 13.8 Å². The van der Waals surface area contributed by atoms with Crippen molar-refractivity contribution in [1.29, 1.82) is 0 Å². The van der Waals surface area contributed by atoms with Crippen LogP contribution in [0.3, 0.4) is 0 Å². The minimum atomic E-state index is 0. The van der Waals surface area contributed by atoms with Gasteiger partial charge < -0.3 is 14.6 Å². The van der Waals surface area contributed by atoms with E-state index in [9.17, 15) is 0 Å². The van der Waals surface area contributed by atoms with Crippen molar-refractivity contribution in [3.05, 3.63) is 39.7 Å². The molecule has 28 heavy (non-hydrogen) atoms. The minimum absolute atomic E-state index is 0. The summed E-state index contributed by atoms with van der Waals surface area (Å²) in [4.78, 5) is 14.2. The lowest BCUT2D eigenvalue weighted by Gasteiger charge is -2.26. The van der Waals surface area contributed by atoms with Gasteiger partial charge in [0.05, 0.1) is 29.8 Å². The SMILES string of the molecule is CCNC(=NCC(c1ccc(C)o1)N1CCCC1)N(C)Cc1csc(C)n1.I. The first-order valence-corrected chi connectivity index (χ1v) is 10.7. The number of aliphatic imine (C=N–C) groups is 1. The number of halogens is 1. The number of hydrogen-bond donors (Lipinski definition) is 1. The van der Waals surface area contributed by atoms with Gasteiger partial charge in [-0.2, -0.15) is 0 Å². The molecule has 0 aliphatic carbocycles. The Kier molecular flexibility index (Phi) is 9.23. The first kappa shape index (κ1) is 23.2. The summed E-state index contributed by atoms with van der Waals surface area (Å²) < 4.78 is 5.96. The molecule has 2 aromatic rings. The van der Waals surface area contributed by atoms with E-state index in [4.69, 9.17) is 9.41 Å². The van der Waals surface area contributed by atoms with Crippen molar-refractivity contribution in [3.63, 3.8) is 0 Å². The van der Waals surface area contributed by atoms with Crippen LogP contribution in [0.5, 0.6) is 0 Å². The monoisotopic (exact) mass is 517 g/mol. The molecule has 3 heterocycles. The standard InChI is InChI=1S/C20H31N5OS.HI/c1-5-21-20(24(4)13-17-14-27-16(3)23-17)22-12-18(25-10-6-7-11-25)19-9-8-15(2)26-19;/h8-9,14,18H,5-7,10-13H2,1-4H3,(H,21,22);1H. The van der Waals surface area contributed by atoms with Crippen LogP contribution in [0.1, 0.15) is 48.0 Å². The lowest BCUT2D eigenvalue weighted by atomic mass is 10.2. The average Bonchev–Trinajstić information content (AvgIpc) is 3.38. The van der Waals surface area contributed by atoms with E-state index in [2.05, 4.69) is 45.5 Å². The third kappa shape index (κ3) is 6.18. The first-order valence-electron chi connectivity index (χ1n) is 9.77. The van der Waals surface area contributed by atoms with Gasteiger partial charge in [0.25, 0.3) is 0 Å². The number of nitrogens with zero attached hydrogens (tertiary/aromatic N) is 4. The second kappa shape index (κ2) is 11.2. The van der Waals surface area contributed by atoms with Crippen LogP contribution < -0.4 is 5.32 Å². The van der Waals surface area contributed by atoms with Crippen molar-refractivity contribution >= 4 is 41.3 Å². The Labute approximate surface area is 189 Å². The molecule has 0 radical (unpaired) electrons. The highest BCUT2D eigenvalue weighted by atomic mass is 127. The fraction of sp³-hybridized carbons (Fsp3) is 0.600. The number of hydrogen-bond acceptors (Lipinski definition) is 5. The number of rotatable bonds is 7. The van der Waals surface area contributed by atoms with Gasteiger partial charge in [0.2, 0.25) is 0 Å². The molecule has 1 aliphatic rings. The molecule has 0 amide bonds. The van der Waals surface area contributed by atoms with E-state index in [-0.39, 0.29) is 30.0 Å². The molecule has 1 atom stereocenters. The number of aryl methyl sites for hydroxylation is 2. The van der Waals surface area contributed by atoms with E-state index in [1.54, 1.807) is 11.3 Å². The fourth-order valence-electron chi connectivity index (χ4n) is 3.51. The summed E-state index contributed by atoms with van der Waals surface area (Å²) in [5, 5.41) is 6.63. The molecule has 6 nitrogen and oxygen atoms in total. The Balaban J connectivity index is 0.00000280. The highest BCUT2D eigenvalue weighted by molar-refractivity contribution is 14.0. The van der Waals surface area contributed by atoms with Gasteiger partial charge in [-0.05, 0) is 58.8 Å². The molecule has 0 aromatic carbocycles. The van der Waals surface area contributed by atoms with Crippen LogP contribution in [0.2, 0.25) is 0 Å². The summed E-state index contributed by atoms with van der Waals surface area (Å²) in [6.45, 7) is 10.7. The van der Waals surface area contributed by atoms with Gasteiger partial charge >= 0.3 is 0 Å². The zero-order chi connectivity index (χ0) is 19.2. The van der Waals surface area contributed by atoms with E-state index in [1.165, 1.54) is 12.8 Å². The quantitative estimate of drug-likeness (QED) is 0.339. The summed E-state index contributed by atoms with van der Waals surface area (Å²) in [6, 6.07) is 4.34. The van der Waals surface area contributed by atoms with E-state index in [1.807, 2.05) is 19.9 Å². The van der Waals surface area contributed by atoms with Gasteiger partial charge in [0.15, 0.2) is 5.96 Å². The second-order valence-corrected chi connectivity index (χ2v) is 8.18. The van der Waals surface area contributed by atoms with E-state index >= 15 is 0 Å². The van der Waals surface area contributed by atoms with Gasteiger partial charge in [-0.1, -0.05) is 0 Å². The fourth-order valence-corrected chi connectivity index (χ4v) is 4.12. The number of furan rings is 1. The van der Waals surface area contributed by atoms with Crippen LogP contribution in [-0.2, 0) is 6.54 Å². The predicted octanol–water partition coefficient (Wildman–Crippen LogP) is 4.21. The Morgan fingerprint density at radius 1 is 1.36 bits per heavy atom. The number of nitrogens with one attached hydrogen (secondary N) is 1. The van der Waals surface area contributed by atoms with E-state index in [0.717, 1.165) is 54.4 Å². The minimum Gasteiger partial charge on any atom is -0.465 e. The van der Waals surface area contributed by atoms with Crippen molar-refractivity contribution < 1.29 is 4.42 Å². The number of thiazole rings is 1. The van der Waals surface area contributed by atoms with Gasteiger partial charge in [-0.3, -0.25) is 9.89 Å². The summed E-state index contributed by atoms with van der Waals surface area (Å²) in [6.07, 6.45) is 2.51. The van der Waals surface area contributed by atoms with Crippen molar-refractivity contribution in [1.82, 2.24) is 20.1 Å².